The molecule has 0 spiro atoms. The van der Waals surface area contributed by atoms with Crippen molar-refractivity contribution in [3.8, 4) is 5.75 Å². The smallest absolute Gasteiger partial charge is 0.410 e. The second kappa shape index (κ2) is 9.47. The lowest BCUT2D eigenvalue weighted by molar-refractivity contribution is -0.117. The van der Waals surface area contributed by atoms with E-state index >= 15 is 0 Å². The van der Waals surface area contributed by atoms with Crippen LogP contribution in [-0.2, 0) is 16.0 Å². The average Bonchev–Trinajstić information content (AvgIpc) is 2.59. The maximum absolute atomic E-state index is 12.9. The van der Waals surface area contributed by atoms with Crippen molar-refractivity contribution < 1.29 is 19.1 Å². The number of amides is 1. The van der Waals surface area contributed by atoms with E-state index in [4.69, 9.17) is 9.47 Å². The molecule has 1 aromatic carbocycles. The summed E-state index contributed by atoms with van der Waals surface area (Å²) >= 11 is 0. The third-order valence-corrected chi connectivity index (χ3v) is 4.84. The minimum atomic E-state index is -0.591. The van der Waals surface area contributed by atoms with Crippen LogP contribution in [0.5, 0.6) is 5.75 Å². The molecule has 29 heavy (non-hydrogen) atoms. The highest BCUT2D eigenvalue weighted by Crippen LogP contribution is 2.36. The molecular weight excluding hydrogens is 366 g/mol. The molecule has 1 aliphatic heterocycles. The zero-order chi connectivity index (χ0) is 21.8. The van der Waals surface area contributed by atoms with Crippen LogP contribution in [0.4, 0.5) is 4.79 Å². The van der Waals surface area contributed by atoms with E-state index in [0.717, 1.165) is 16.9 Å². The SMILES string of the molecule is C=C(CC(C)C)C(=O)C[C@H]1c2ccc(OCC)cc2CCN1C(=O)OC(C)(C)C. The highest BCUT2D eigenvalue weighted by Gasteiger charge is 2.35. The van der Waals surface area contributed by atoms with Crippen LogP contribution in [0.2, 0.25) is 0 Å². The molecule has 0 aliphatic carbocycles. The molecule has 0 fully saturated rings. The van der Waals surface area contributed by atoms with Crippen molar-refractivity contribution in [1.82, 2.24) is 4.90 Å². The first-order chi connectivity index (χ1) is 13.5. The molecule has 0 unspecified atom stereocenters. The van der Waals surface area contributed by atoms with Crippen molar-refractivity contribution in [3.63, 3.8) is 0 Å². The van der Waals surface area contributed by atoms with E-state index in [2.05, 4.69) is 20.4 Å². The number of ether oxygens (including phenoxy) is 2. The molecule has 0 bridgehead atoms. The summed E-state index contributed by atoms with van der Waals surface area (Å²) in [4.78, 5) is 27.4. The van der Waals surface area contributed by atoms with Gasteiger partial charge in [-0.3, -0.25) is 4.79 Å². The standard InChI is InChI=1S/C24H35NO4/c1-8-28-19-9-10-20-18(14-19)11-12-25(23(27)29-24(5,6)7)21(20)15-22(26)17(4)13-16(2)3/h9-10,14,16,21H,4,8,11-13,15H2,1-3,5-7H3/t21-/m0/s1. The van der Waals surface area contributed by atoms with Crippen LogP contribution >= 0.6 is 0 Å². The summed E-state index contributed by atoms with van der Waals surface area (Å²) in [6.07, 6.45) is 1.19. The van der Waals surface area contributed by atoms with Gasteiger partial charge in [0.25, 0.3) is 0 Å². The van der Waals surface area contributed by atoms with Crippen LogP contribution in [0.15, 0.2) is 30.4 Å². The van der Waals surface area contributed by atoms with Gasteiger partial charge in [-0.1, -0.05) is 26.5 Å². The van der Waals surface area contributed by atoms with E-state index in [1.165, 1.54) is 0 Å². The van der Waals surface area contributed by atoms with Gasteiger partial charge in [0.2, 0.25) is 0 Å². The summed E-state index contributed by atoms with van der Waals surface area (Å²) in [5.41, 5.74) is 2.12. The number of carbonyl (C=O) groups excluding carboxylic acids is 2. The Kier molecular flexibility index (Phi) is 7.50. The Morgan fingerprint density at radius 3 is 2.55 bits per heavy atom. The van der Waals surface area contributed by atoms with Gasteiger partial charge < -0.3 is 14.4 Å². The van der Waals surface area contributed by atoms with Crippen molar-refractivity contribution >= 4 is 11.9 Å². The molecule has 0 radical (unpaired) electrons. The van der Waals surface area contributed by atoms with Gasteiger partial charge in [0.1, 0.15) is 11.4 Å². The van der Waals surface area contributed by atoms with E-state index in [1.54, 1.807) is 4.90 Å². The lowest BCUT2D eigenvalue weighted by Crippen LogP contribution is -2.43. The van der Waals surface area contributed by atoms with E-state index in [1.807, 2.05) is 45.9 Å². The molecule has 0 saturated carbocycles. The molecule has 1 amide bonds. The number of ketones is 1. The topological polar surface area (TPSA) is 55.8 Å². The summed E-state index contributed by atoms with van der Waals surface area (Å²) in [6.45, 7) is 16.7. The minimum absolute atomic E-state index is 0.000932. The number of Topliss-reactive ketones (excluding diaryl/α,β-unsaturated/α-hetero) is 1. The summed E-state index contributed by atoms with van der Waals surface area (Å²) < 4.78 is 11.2. The lowest BCUT2D eigenvalue weighted by atomic mass is 9.87. The van der Waals surface area contributed by atoms with E-state index in [-0.39, 0.29) is 24.3 Å². The second-order valence-corrected chi connectivity index (χ2v) is 9.06. The van der Waals surface area contributed by atoms with Crippen LogP contribution in [-0.4, -0.2) is 35.5 Å². The van der Waals surface area contributed by atoms with Crippen LogP contribution in [0.1, 0.15) is 71.6 Å². The van der Waals surface area contributed by atoms with Crippen molar-refractivity contribution in [2.45, 2.75) is 72.4 Å². The van der Waals surface area contributed by atoms with Gasteiger partial charge in [0, 0.05) is 13.0 Å². The molecule has 0 saturated heterocycles. The highest BCUT2D eigenvalue weighted by molar-refractivity contribution is 5.95. The van der Waals surface area contributed by atoms with Gasteiger partial charge in [-0.05, 0) is 75.3 Å². The fourth-order valence-corrected chi connectivity index (χ4v) is 3.63. The first kappa shape index (κ1) is 23.0. The first-order valence-corrected chi connectivity index (χ1v) is 10.5. The quantitative estimate of drug-likeness (QED) is 0.568. The number of hydrogen-bond donors (Lipinski definition) is 0. The van der Waals surface area contributed by atoms with Crippen molar-refractivity contribution in [1.29, 1.82) is 0 Å². The fraction of sp³-hybridized carbons (Fsp3) is 0.583. The Balaban J connectivity index is 2.33. The summed E-state index contributed by atoms with van der Waals surface area (Å²) in [7, 11) is 0. The van der Waals surface area contributed by atoms with Crippen LogP contribution in [0.25, 0.3) is 0 Å². The lowest BCUT2D eigenvalue weighted by Gasteiger charge is -2.38. The van der Waals surface area contributed by atoms with Gasteiger partial charge in [-0.2, -0.15) is 0 Å². The maximum Gasteiger partial charge on any atom is 0.410 e. The van der Waals surface area contributed by atoms with Crippen LogP contribution < -0.4 is 4.74 Å². The van der Waals surface area contributed by atoms with Crippen LogP contribution in [0, 0.1) is 5.92 Å². The van der Waals surface area contributed by atoms with Crippen molar-refractivity contribution in [3.05, 3.63) is 41.5 Å². The molecular formula is C24H35NO4. The van der Waals surface area contributed by atoms with Gasteiger partial charge in [0.05, 0.1) is 12.6 Å². The van der Waals surface area contributed by atoms with Gasteiger partial charge in [0.15, 0.2) is 5.78 Å². The number of hydrogen-bond acceptors (Lipinski definition) is 4. The highest BCUT2D eigenvalue weighted by atomic mass is 16.6. The van der Waals surface area contributed by atoms with E-state index in [9.17, 15) is 9.59 Å². The summed E-state index contributed by atoms with van der Waals surface area (Å²) in [5, 5.41) is 0. The monoisotopic (exact) mass is 401 g/mol. The average molecular weight is 402 g/mol. The van der Waals surface area contributed by atoms with Gasteiger partial charge in [-0.25, -0.2) is 4.79 Å². The number of fused-ring (bicyclic) bond motifs is 1. The molecule has 160 valence electrons. The molecule has 0 N–H and O–H groups in total. The largest absolute Gasteiger partial charge is 0.494 e. The normalized spacial score (nSPS) is 16.4. The Labute approximate surface area is 175 Å². The van der Waals surface area contributed by atoms with Crippen molar-refractivity contribution in [2.75, 3.05) is 13.2 Å². The fourth-order valence-electron chi connectivity index (χ4n) is 3.63. The number of nitrogens with zero attached hydrogens (tertiary/aromatic N) is 1. The molecule has 0 aromatic heterocycles. The first-order valence-electron chi connectivity index (χ1n) is 10.5. The molecule has 1 atom stereocenters. The number of benzene rings is 1. The van der Waals surface area contributed by atoms with Crippen molar-refractivity contribution in [2.24, 2.45) is 5.92 Å². The van der Waals surface area contributed by atoms with Crippen LogP contribution in [0.3, 0.4) is 0 Å². The third-order valence-electron chi connectivity index (χ3n) is 4.84. The summed E-state index contributed by atoms with van der Waals surface area (Å²) in [5.74, 6) is 1.17. The molecule has 5 heteroatoms. The number of carbonyl (C=O) groups is 2. The maximum atomic E-state index is 12.9. The molecule has 1 aromatic rings. The Hall–Kier alpha value is -2.30. The third kappa shape index (κ3) is 6.34. The van der Waals surface area contributed by atoms with E-state index < -0.39 is 5.60 Å². The summed E-state index contributed by atoms with van der Waals surface area (Å²) in [6, 6.07) is 5.54. The Morgan fingerprint density at radius 2 is 1.97 bits per heavy atom. The second-order valence-electron chi connectivity index (χ2n) is 9.06. The molecule has 1 heterocycles. The van der Waals surface area contributed by atoms with Gasteiger partial charge in [-0.15, -0.1) is 0 Å². The van der Waals surface area contributed by atoms with E-state index in [0.29, 0.717) is 37.5 Å². The number of allylic oxidation sites excluding steroid dienone is 1. The molecule has 5 nitrogen and oxygen atoms in total. The van der Waals surface area contributed by atoms with Gasteiger partial charge >= 0.3 is 6.09 Å². The molecule has 1 aliphatic rings. The zero-order valence-electron chi connectivity index (χ0n) is 18.7. The predicted octanol–water partition coefficient (Wildman–Crippen LogP) is 5.48. The minimum Gasteiger partial charge on any atom is -0.494 e. The Bertz CT molecular complexity index is 761. The molecule has 2 rings (SSSR count). The number of rotatable bonds is 7. The predicted molar refractivity (Wildman–Crippen MR) is 115 cm³/mol. The Morgan fingerprint density at radius 1 is 1.28 bits per heavy atom. The zero-order valence-corrected chi connectivity index (χ0v) is 18.7.